The fraction of sp³-hybridized carbons (Fsp3) is 0.952. The predicted molar refractivity (Wildman–Crippen MR) is 99.4 cm³/mol. The quantitative estimate of drug-likeness (QED) is 0.255. The van der Waals surface area contributed by atoms with Gasteiger partial charge in [-0.1, -0.05) is 104 Å². The van der Waals surface area contributed by atoms with Gasteiger partial charge in [0.2, 0.25) is 0 Å². The lowest BCUT2D eigenvalue weighted by Gasteiger charge is -2.16. The average Bonchev–Trinajstić information content (AvgIpc) is 2.50. The number of unbranched alkanes of at least 4 members (excludes halogenated alkanes) is 10. The Bertz CT molecular complexity index is 218. The average molecular weight is 311 g/mol. The lowest BCUT2D eigenvalue weighted by atomic mass is 9.90. The Balaban J connectivity index is 3.72. The molecule has 0 saturated heterocycles. The predicted octanol–water partition coefficient (Wildman–Crippen LogP) is 7.47. The van der Waals surface area contributed by atoms with Gasteiger partial charge >= 0.3 is 0 Å². The van der Waals surface area contributed by atoms with E-state index in [1.165, 1.54) is 89.9 Å². The maximum atomic E-state index is 11.2. The number of hydrogen-bond donors (Lipinski definition) is 0. The first kappa shape index (κ1) is 21.7. The first-order valence-corrected chi connectivity index (χ1v) is 10.2. The van der Waals surface area contributed by atoms with E-state index < -0.39 is 0 Å². The van der Waals surface area contributed by atoms with Crippen LogP contribution in [0.4, 0.5) is 0 Å². The molecule has 0 amide bonds. The van der Waals surface area contributed by atoms with E-state index in [1.807, 2.05) is 0 Å². The van der Waals surface area contributed by atoms with Gasteiger partial charge in [0.1, 0.15) is 5.78 Å². The van der Waals surface area contributed by atoms with Crippen LogP contribution in [0.5, 0.6) is 0 Å². The van der Waals surface area contributed by atoms with Crippen LogP contribution in [0.2, 0.25) is 0 Å². The molecule has 0 aromatic heterocycles. The molecule has 0 aromatic carbocycles. The molecule has 0 aliphatic carbocycles. The minimum Gasteiger partial charge on any atom is -0.300 e. The molecule has 1 nitrogen and oxygen atoms in total. The van der Waals surface area contributed by atoms with E-state index in [9.17, 15) is 4.79 Å². The third-order valence-electron chi connectivity index (χ3n) is 4.84. The highest BCUT2D eigenvalue weighted by molar-refractivity contribution is 5.75. The lowest BCUT2D eigenvalue weighted by molar-refractivity contribution is -0.117. The zero-order chi connectivity index (χ0) is 16.5. The summed E-state index contributed by atoms with van der Waals surface area (Å²) < 4.78 is 0. The maximum Gasteiger partial charge on any atom is 0.129 e. The van der Waals surface area contributed by atoms with Gasteiger partial charge < -0.3 is 4.79 Å². The van der Waals surface area contributed by atoms with E-state index in [4.69, 9.17) is 0 Å². The van der Waals surface area contributed by atoms with Gasteiger partial charge in [0.15, 0.2) is 0 Å². The Morgan fingerprint density at radius 2 is 1.05 bits per heavy atom. The molecule has 0 spiro atoms. The zero-order valence-electron chi connectivity index (χ0n) is 15.8. The molecule has 0 aliphatic rings. The first-order valence-electron chi connectivity index (χ1n) is 10.2. The highest BCUT2D eigenvalue weighted by Gasteiger charge is 2.09. The third-order valence-corrected chi connectivity index (χ3v) is 4.84. The van der Waals surface area contributed by atoms with Crippen LogP contribution in [0.15, 0.2) is 0 Å². The van der Waals surface area contributed by atoms with Crippen LogP contribution < -0.4 is 0 Å². The fourth-order valence-corrected chi connectivity index (χ4v) is 3.27. The van der Waals surface area contributed by atoms with Crippen molar-refractivity contribution < 1.29 is 4.79 Å². The molecule has 0 saturated carbocycles. The Kier molecular flexibility index (Phi) is 16.8. The van der Waals surface area contributed by atoms with Crippen molar-refractivity contribution in [2.24, 2.45) is 5.92 Å². The van der Waals surface area contributed by atoms with Crippen LogP contribution >= 0.6 is 0 Å². The van der Waals surface area contributed by atoms with Gasteiger partial charge in [0.05, 0.1) is 0 Å². The largest absolute Gasteiger partial charge is 0.300 e. The first-order chi connectivity index (χ1) is 10.7. The van der Waals surface area contributed by atoms with Gasteiger partial charge in [-0.25, -0.2) is 0 Å². The second-order valence-electron chi connectivity index (χ2n) is 7.22. The molecule has 22 heavy (non-hydrogen) atoms. The smallest absolute Gasteiger partial charge is 0.129 e. The van der Waals surface area contributed by atoms with Gasteiger partial charge in [-0.15, -0.1) is 0 Å². The summed E-state index contributed by atoms with van der Waals surface area (Å²) in [5.41, 5.74) is 0. The molecule has 0 fully saturated rings. The second kappa shape index (κ2) is 17.0. The van der Waals surface area contributed by atoms with Gasteiger partial charge in [-0.3, -0.25) is 0 Å². The van der Waals surface area contributed by atoms with Crippen molar-refractivity contribution in [3.63, 3.8) is 0 Å². The molecule has 0 aromatic rings. The van der Waals surface area contributed by atoms with Crippen molar-refractivity contribution in [3.8, 4) is 0 Å². The lowest BCUT2D eigenvalue weighted by Crippen LogP contribution is -2.04. The Morgan fingerprint density at radius 3 is 1.45 bits per heavy atom. The molecule has 0 heterocycles. The number of hydrogen-bond acceptors (Lipinski definition) is 1. The summed E-state index contributed by atoms with van der Waals surface area (Å²) >= 11 is 0. The van der Waals surface area contributed by atoms with Gasteiger partial charge in [-0.2, -0.15) is 0 Å². The summed E-state index contributed by atoms with van der Waals surface area (Å²) in [7, 11) is 0. The summed E-state index contributed by atoms with van der Waals surface area (Å²) in [4.78, 5) is 11.2. The Morgan fingerprint density at radius 1 is 0.636 bits per heavy atom. The summed E-state index contributed by atoms with van der Waals surface area (Å²) in [5.74, 6) is 1.18. The standard InChI is InChI=1S/C21H42O/c1-4-6-8-10-12-14-16-21(19-18-20(3)22)17-15-13-11-9-7-5-2/h21H,4-19H2,1-3H3. The topological polar surface area (TPSA) is 17.1 Å². The van der Waals surface area contributed by atoms with E-state index in [-0.39, 0.29) is 0 Å². The van der Waals surface area contributed by atoms with E-state index in [0.29, 0.717) is 5.78 Å². The van der Waals surface area contributed by atoms with Crippen molar-refractivity contribution in [2.45, 2.75) is 124 Å². The summed E-state index contributed by atoms with van der Waals surface area (Å²) in [6, 6.07) is 0. The van der Waals surface area contributed by atoms with Crippen molar-refractivity contribution in [2.75, 3.05) is 0 Å². The molecule has 0 unspecified atom stereocenters. The number of ketones is 1. The fourth-order valence-electron chi connectivity index (χ4n) is 3.27. The molecule has 0 aliphatic heterocycles. The number of Topliss-reactive ketones (excluding diaryl/α,β-unsaturated/α-hetero) is 1. The molecule has 0 radical (unpaired) electrons. The van der Waals surface area contributed by atoms with E-state index in [0.717, 1.165) is 18.8 Å². The van der Waals surface area contributed by atoms with Crippen molar-refractivity contribution in [3.05, 3.63) is 0 Å². The van der Waals surface area contributed by atoms with Gasteiger partial charge in [0, 0.05) is 6.42 Å². The van der Waals surface area contributed by atoms with Gasteiger partial charge in [0.25, 0.3) is 0 Å². The summed E-state index contributed by atoms with van der Waals surface area (Å²) in [5, 5.41) is 0. The Labute approximate surface area is 140 Å². The van der Waals surface area contributed by atoms with Crippen LogP contribution in [-0.2, 0) is 4.79 Å². The maximum absolute atomic E-state index is 11.2. The number of carbonyl (C=O) groups excluding carboxylic acids is 1. The SMILES string of the molecule is CCCCCCCCC(CCCCCCCC)CCC(C)=O. The van der Waals surface area contributed by atoms with Crippen molar-refractivity contribution in [1.82, 2.24) is 0 Å². The number of rotatable bonds is 17. The molecule has 132 valence electrons. The summed E-state index contributed by atoms with van der Waals surface area (Å²) in [6.07, 6.45) is 21.3. The molecule has 0 atom stereocenters. The Hall–Kier alpha value is -0.330. The molecule has 0 bridgehead atoms. The monoisotopic (exact) mass is 310 g/mol. The van der Waals surface area contributed by atoms with Gasteiger partial charge in [-0.05, 0) is 19.3 Å². The van der Waals surface area contributed by atoms with Crippen LogP contribution in [0.3, 0.4) is 0 Å². The van der Waals surface area contributed by atoms with Crippen LogP contribution in [0, 0.1) is 5.92 Å². The molecular weight excluding hydrogens is 268 g/mol. The zero-order valence-corrected chi connectivity index (χ0v) is 15.8. The van der Waals surface area contributed by atoms with E-state index in [1.54, 1.807) is 6.92 Å². The minimum absolute atomic E-state index is 0.371. The molecular formula is C21H42O. The summed E-state index contributed by atoms with van der Waals surface area (Å²) in [6.45, 7) is 6.29. The highest BCUT2D eigenvalue weighted by atomic mass is 16.1. The number of carbonyl (C=O) groups is 1. The normalized spacial score (nSPS) is 11.3. The molecule has 0 N–H and O–H groups in total. The third kappa shape index (κ3) is 16.0. The molecule has 0 rings (SSSR count). The highest BCUT2D eigenvalue weighted by Crippen LogP contribution is 2.23. The second-order valence-corrected chi connectivity index (χ2v) is 7.22. The van der Waals surface area contributed by atoms with E-state index >= 15 is 0 Å². The van der Waals surface area contributed by atoms with Crippen LogP contribution in [-0.4, -0.2) is 5.78 Å². The van der Waals surface area contributed by atoms with Crippen molar-refractivity contribution in [1.29, 1.82) is 0 Å². The van der Waals surface area contributed by atoms with Crippen molar-refractivity contribution >= 4 is 5.78 Å². The molecule has 1 heteroatoms. The van der Waals surface area contributed by atoms with Crippen LogP contribution in [0.25, 0.3) is 0 Å². The minimum atomic E-state index is 0.371. The van der Waals surface area contributed by atoms with E-state index in [2.05, 4.69) is 13.8 Å². The van der Waals surface area contributed by atoms with Crippen LogP contribution in [0.1, 0.15) is 124 Å².